The first-order valence-corrected chi connectivity index (χ1v) is 4.50. The van der Waals surface area contributed by atoms with Crippen LogP contribution in [0.3, 0.4) is 0 Å². The normalized spacial score (nSPS) is 12.5. The van der Waals surface area contributed by atoms with Crippen molar-refractivity contribution in [1.82, 2.24) is 4.98 Å². The second-order valence-electron chi connectivity index (χ2n) is 3.08. The van der Waals surface area contributed by atoms with E-state index in [9.17, 15) is 0 Å². The molecule has 0 saturated carbocycles. The summed E-state index contributed by atoms with van der Waals surface area (Å²) in [4.78, 5) is 4.03. The van der Waals surface area contributed by atoms with Crippen molar-refractivity contribution in [2.24, 2.45) is 5.73 Å². The molecule has 1 atom stereocenters. The molecule has 13 heavy (non-hydrogen) atoms. The Hall–Kier alpha value is -1.09. The van der Waals surface area contributed by atoms with Crippen molar-refractivity contribution in [2.45, 2.75) is 25.8 Å². The first-order valence-electron chi connectivity index (χ1n) is 4.50. The summed E-state index contributed by atoms with van der Waals surface area (Å²) < 4.78 is 5.02. The Morgan fingerprint density at radius 1 is 1.62 bits per heavy atom. The molecule has 3 heteroatoms. The molecule has 0 amide bonds. The van der Waals surface area contributed by atoms with Gasteiger partial charge >= 0.3 is 0 Å². The van der Waals surface area contributed by atoms with Crippen molar-refractivity contribution in [1.29, 1.82) is 0 Å². The number of hydrogen-bond donors (Lipinski definition) is 1. The van der Waals surface area contributed by atoms with Crippen molar-refractivity contribution in [2.75, 3.05) is 7.11 Å². The van der Waals surface area contributed by atoms with Crippen LogP contribution in [0, 0.1) is 0 Å². The molecule has 0 fully saturated rings. The second-order valence-corrected chi connectivity index (χ2v) is 3.08. The molecule has 72 valence electrons. The number of methoxy groups -OCH3 is 1. The molecular weight excluding hydrogens is 164 g/mol. The van der Waals surface area contributed by atoms with E-state index in [1.54, 1.807) is 13.3 Å². The van der Waals surface area contributed by atoms with Crippen LogP contribution >= 0.6 is 0 Å². The molecule has 0 radical (unpaired) electrons. The van der Waals surface area contributed by atoms with E-state index in [4.69, 9.17) is 10.5 Å². The van der Waals surface area contributed by atoms with Gasteiger partial charge in [-0.15, -0.1) is 0 Å². The van der Waals surface area contributed by atoms with E-state index in [0.717, 1.165) is 12.8 Å². The van der Waals surface area contributed by atoms with Crippen LogP contribution in [-0.2, 0) is 6.42 Å². The molecule has 0 bridgehead atoms. The molecule has 0 aliphatic heterocycles. The van der Waals surface area contributed by atoms with Gasteiger partial charge in [-0.2, -0.15) is 0 Å². The molecule has 0 saturated heterocycles. The fourth-order valence-corrected chi connectivity index (χ4v) is 1.14. The van der Waals surface area contributed by atoms with Gasteiger partial charge in [0, 0.05) is 18.3 Å². The number of hydrogen-bond acceptors (Lipinski definition) is 3. The highest BCUT2D eigenvalue weighted by Gasteiger charge is 2.02. The van der Waals surface area contributed by atoms with E-state index in [-0.39, 0.29) is 6.04 Å². The van der Waals surface area contributed by atoms with Crippen LogP contribution in [0.5, 0.6) is 5.88 Å². The van der Waals surface area contributed by atoms with Crippen LogP contribution in [0.4, 0.5) is 0 Å². The van der Waals surface area contributed by atoms with Gasteiger partial charge < -0.3 is 10.5 Å². The molecule has 1 heterocycles. The lowest BCUT2D eigenvalue weighted by Crippen LogP contribution is -2.21. The predicted octanol–water partition coefficient (Wildman–Crippen LogP) is 1.37. The topological polar surface area (TPSA) is 48.1 Å². The van der Waals surface area contributed by atoms with Gasteiger partial charge in [0.05, 0.1) is 7.11 Å². The fraction of sp³-hybridized carbons (Fsp3) is 0.500. The Morgan fingerprint density at radius 3 is 3.00 bits per heavy atom. The number of rotatable bonds is 4. The van der Waals surface area contributed by atoms with Crippen molar-refractivity contribution in [3.8, 4) is 5.88 Å². The Bertz CT molecular complexity index is 263. The standard InChI is InChI=1S/C10H16N2O/c1-3-9(11)6-8-4-5-12-10(7-8)13-2/h4-5,7,9H,3,6,11H2,1-2H3. The van der Waals surface area contributed by atoms with Crippen LogP contribution in [0.1, 0.15) is 18.9 Å². The van der Waals surface area contributed by atoms with E-state index in [0.29, 0.717) is 5.88 Å². The van der Waals surface area contributed by atoms with Crippen molar-refractivity contribution in [3.63, 3.8) is 0 Å². The first-order chi connectivity index (χ1) is 6.26. The average molecular weight is 180 g/mol. The summed E-state index contributed by atoms with van der Waals surface area (Å²) in [5, 5.41) is 0. The Labute approximate surface area is 78.9 Å². The van der Waals surface area contributed by atoms with E-state index in [1.807, 2.05) is 12.1 Å². The average Bonchev–Trinajstić information content (AvgIpc) is 2.18. The molecule has 0 spiro atoms. The third kappa shape index (κ3) is 3.03. The lowest BCUT2D eigenvalue weighted by molar-refractivity contribution is 0.397. The van der Waals surface area contributed by atoms with Gasteiger partial charge in [0.25, 0.3) is 0 Å². The third-order valence-electron chi connectivity index (χ3n) is 2.03. The van der Waals surface area contributed by atoms with Crippen molar-refractivity contribution >= 4 is 0 Å². The summed E-state index contributed by atoms with van der Waals surface area (Å²) in [6.45, 7) is 2.09. The van der Waals surface area contributed by atoms with Gasteiger partial charge in [0.2, 0.25) is 5.88 Å². The highest BCUT2D eigenvalue weighted by atomic mass is 16.5. The number of nitrogens with two attached hydrogens (primary N) is 1. The monoisotopic (exact) mass is 180 g/mol. The molecule has 3 nitrogen and oxygen atoms in total. The van der Waals surface area contributed by atoms with Gasteiger partial charge in [-0.05, 0) is 24.5 Å². The summed E-state index contributed by atoms with van der Waals surface area (Å²) in [7, 11) is 1.62. The molecule has 0 aliphatic carbocycles. The maximum atomic E-state index is 5.84. The Kier molecular flexibility index (Phi) is 3.71. The summed E-state index contributed by atoms with van der Waals surface area (Å²) in [6.07, 6.45) is 3.62. The van der Waals surface area contributed by atoms with Crippen LogP contribution in [0.2, 0.25) is 0 Å². The minimum absolute atomic E-state index is 0.229. The lowest BCUT2D eigenvalue weighted by Gasteiger charge is -2.08. The highest BCUT2D eigenvalue weighted by molar-refractivity contribution is 5.21. The third-order valence-corrected chi connectivity index (χ3v) is 2.03. The maximum absolute atomic E-state index is 5.84. The van der Waals surface area contributed by atoms with Gasteiger partial charge in [-0.1, -0.05) is 6.92 Å². The molecule has 0 aromatic carbocycles. The SMILES string of the molecule is CCC(N)Cc1ccnc(OC)c1. The molecule has 2 N–H and O–H groups in total. The smallest absolute Gasteiger partial charge is 0.213 e. The summed E-state index contributed by atoms with van der Waals surface area (Å²) in [6, 6.07) is 4.13. The van der Waals surface area contributed by atoms with Gasteiger partial charge in [0.1, 0.15) is 0 Å². The molecule has 1 aromatic heterocycles. The lowest BCUT2D eigenvalue weighted by atomic mass is 10.1. The van der Waals surface area contributed by atoms with Gasteiger partial charge in [-0.25, -0.2) is 4.98 Å². The summed E-state index contributed by atoms with van der Waals surface area (Å²) in [5.74, 6) is 0.654. The number of pyridine rings is 1. The van der Waals surface area contributed by atoms with Gasteiger partial charge in [-0.3, -0.25) is 0 Å². The van der Waals surface area contributed by atoms with E-state index < -0.39 is 0 Å². The minimum Gasteiger partial charge on any atom is -0.481 e. The number of aromatic nitrogens is 1. The van der Waals surface area contributed by atoms with Crippen LogP contribution in [-0.4, -0.2) is 18.1 Å². The summed E-state index contributed by atoms with van der Waals surface area (Å²) in [5.41, 5.74) is 7.02. The molecular formula is C10H16N2O. The predicted molar refractivity (Wildman–Crippen MR) is 52.8 cm³/mol. The summed E-state index contributed by atoms with van der Waals surface area (Å²) >= 11 is 0. The van der Waals surface area contributed by atoms with Crippen LogP contribution in [0.25, 0.3) is 0 Å². The molecule has 0 aliphatic rings. The first kappa shape index (κ1) is 9.99. The fourth-order valence-electron chi connectivity index (χ4n) is 1.14. The minimum atomic E-state index is 0.229. The quantitative estimate of drug-likeness (QED) is 0.761. The van der Waals surface area contributed by atoms with E-state index in [2.05, 4.69) is 11.9 Å². The van der Waals surface area contributed by atoms with E-state index in [1.165, 1.54) is 5.56 Å². The highest BCUT2D eigenvalue weighted by Crippen LogP contribution is 2.10. The zero-order valence-electron chi connectivity index (χ0n) is 8.16. The molecule has 1 rings (SSSR count). The maximum Gasteiger partial charge on any atom is 0.213 e. The number of ether oxygens (including phenoxy) is 1. The molecule has 1 aromatic rings. The zero-order valence-corrected chi connectivity index (χ0v) is 8.16. The van der Waals surface area contributed by atoms with Crippen molar-refractivity contribution < 1.29 is 4.74 Å². The molecule has 1 unspecified atom stereocenters. The zero-order chi connectivity index (χ0) is 9.68. The Morgan fingerprint density at radius 2 is 2.38 bits per heavy atom. The van der Waals surface area contributed by atoms with Crippen LogP contribution < -0.4 is 10.5 Å². The number of nitrogens with zero attached hydrogens (tertiary/aromatic N) is 1. The largest absolute Gasteiger partial charge is 0.481 e. The Balaban J connectivity index is 2.66. The van der Waals surface area contributed by atoms with Crippen LogP contribution in [0.15, 0.2) is 18.3 Å². The van der Waals surface area contributed by atoms with E-state index >= 15 is 0 Å². The van der Waals surface area contributed by atoms with Gasteiger partial charge in [0.15, 0.2) is 0 Å². The second kappa shape index (κ2) is 4.82. The van der Waals surface area contributed by atoms with Crippen molar-refractivity contribution in [3.05, 3.63) is 23.9 Å².